The summed E-state index contributed by atoms with van der Waals surface area (Å²) in [6.45, 7) is 3.10. The van der Waals surface area contributed by atoms with E-state index in [1.807, 2.05) is 47.4 Å². The molecule has 1 fully saturated rings. The molecule has 294 valence electrons. The first-order valence-corrected chi connectivity index (χ1v) is 19.7. The van der Waals surface area contributed by atoms with Crippen LogP contribution < -0.4 is 24.4 Å². The second kappa shape index (κ2) is 17.5. The second-order valence-electron chi connectivity index (χ2n) is 12.6. The number of aromatic hydroxyl groups is 1. The lowest BCUT2D eigenvalue weighted by Gasteiger charge is -2.35. The minimum Gasteiger partial charge on any atom is -0.506 e. The molecule has 13 nitrogen and oxygen atoms in total. The van der Waals surface area contributed by atoms with Crippen LogP contribution in [0.5, 0.6) is 17.2 Å². The molecule has 1 aliphatic heterocycles. The Morgan fingerprint density at radius 2 is 1.61 bits per heavy atom. The van der Waals surface area contributed by atoms with E-state index in [-0.39, 0.29) is 23.7 Å². The van der Waals surface area contributed by atoms with Crippen molar-refractivity contribution in [3.63, 3.8) is 0 Å². The van der Waals surface area contributed by atoms with Gasteiger partial charge in [-0.1, -0.05) is 18.2 Å². The third-order valence-corrected chi connectivity index (χ3v) is 11.2. The van der Waals surface area contributed by atoms with Crippen LogP contribution in [0.1, 0.15) is 21.6 Å². The Labute approximate surface area is 325 Å². The number of thioether (sulfide) groups is 1. The van der Waals surface area contributed by atoms with Crippen molar-refractivity contribution >= 4 is 39.2 Å². The van der Waals surface area contributed by atoms with Crippen molar-refractivity contribution in [3.8, 4) is 28.4 Å². The number of piperazine rings is 1. The minimum absolute atomic E-state index is 0.0411. The molecule has 0 saturated carbocycles. The van der Waals surface area contributed by atoms with Gasteiger partial charge < -0.3 is 24.8 Å². The Kier molecular flexibility index (Phi) is 12.5. The van der Waals surface area contributed by atoms with Crippen molar-refractivity contribution in [1.29, 1.82) is 0 Å². The van der Waals surface area contributed by atoms with E-state index in [9.17, 15) is 31.5 Å². The molecule has 0 aliphatic carbocycles. The lowest BCUT2D eigenvalue weighted by Crippen LogP contribution is -2.46. The zero-order valence-corrected chi connectivity index (χ0v) is 31.9. The molecule has 6 rings (SSSR count). The molecule has 3 N–H and O–H groups in total. The maximum Gasteiger partial charge on any atom is 0.418 e. The topological polar surface area (TPSA) is 159 Å². The molecule has 0 bridgehead atoms. The predicted octanol–water partition coefficient (Wildman–Crippen LogP) is 5.93. The first-order chi connectivity index (χ1) is 26.8. The molecule has 2 aromatic heterocycles. The smallest absolute Gasteiger partial charge is 0.418 e. The Bertz CT molecular complexity index is 2230. The average Bonchev–Trinajstić information content (AvgIpc) is 3.19. The Hall–Kier alpha value is -5.59. The quantitative estimate of drug-likeness (QED) is 0.0897. The minimum atomic E-state index is -4.87. The summed E-state index contributed by atoms with van der Waals surface area (Å²) in [6.07, 6.45) is -1.87. The molecule has 5 aromatic rings. The molecule has 0 unspecified atom stereocenters. The number of hydrogen-bond donors (Lipinski definition) is 3. The molecule has 1 saturated heterocycles. The van der Waals surface area contributed by atoms with Gasteiger partial charge in [0.25, 0.3) is 15.9 Å². The van der Waals surface area contributed by atoms with Gasteiger partial charge in [-0.3, -0.25) is 14.7 Å². The largest absolute Gasteiger partial charge is 0.506 e. The van der Waals surface area contributed by atoms with Gasteiger partial charge in [-0.05, 0) is 66.2 Å². The fourth-order valence-corrected chi connectivity index (χ4v) is 7.83. The number of nitrogens with zero attached hydrogens (tertiary/aromatic N) is 5. The van der Waals surface area contributed by atoms with Crippen molar-refractivity contribution < 1.29 is 41.0 Å². The highest BCUT2D eigenvalue weighted by atomic mass is 32.2. The molecule has 0 spiro atoms. The maximum atomic E-state index is 14.0. The zero-order valence-electron chi connectivity index (χ0n) is 30.3. The van der Waals surface area contributed by atoms with E-state index in [1.165, 1.54) is 30.1 Å². The maximum absolute atomic E-state index is 14.0. The molecular weight excluding hydrogens is 772 g/mol. The lowest BCUT2D eigenvalue weighted by molar-refractivity contribution is -0.137. The van der Waals surface area contributed by atoms with Gasteiger partial charge in [0.1, 0.15) is 17.2 Å². The van der Waals surface area contributed by atoms with Gasteiger partial charge in [0.2, 0.25) is 0 Å². The molecule has 3 aromatic carbocycles. The van der Waals surface area contributed by atoms with Crippen molar-refractivity contribution in [3.05, 3.63) is 108 Å². The van der Waals surface area contributed by atoms with Gasteiger partial charge >= 0.3 is 6.18 Å². The van der Waals surface area contributed by atoms with Gasteiger partial charge in [0, 0.05) is 67.4 Å². The summed E-state index contributed by atoms with van der Waals surface area (Å²) in [4.78, 5) is 21.4. The van der Waals surface area contributed by atoms with E-state index in [1.54, 1.807) is 31.2 Å². The molecular formula is C38H38F3N7O6S2. The first kappa shape index (κ1) is 40.1. The number of carbonyl (C=O) groups is 1. The zero-order chi connectivity index (χ0) is 39.9. The number of hydrogen-bond acceptors (Lipinski definition) is 13. The monoisotopic (exact) mass is 809 g/mol. The van der Waals surface area contributed by atoms with E-state index < -0.39 is 32.6 Å². The molecule has 0 atom stereocenters. The Balaban J connectivity index is 1.05. The number of sulfonamides is 1. The summed E-state index contributed by atoms with van der Waals surface area (Å²) < 4.78 is 81.3. The van der Waals surface area contributed by atoms with E-state index in [4.69, 9.17) is 9.47 Å². The number of nitrogens with one attached hydrogen (secondary N) is 2. The molecule has 56 heavy (non-hydrogen) atoms. The number of carbonyl (C=O) groups excluding carboxylic acids is 1. The highest BCUT2D eigenvalue weighted by molar-refractivity contribution is 7.99. The van der Waals surface area contributed by atoms with Gasteiger partial charge in [-0.25, -0.2) is 13.1 Å². The summed E-state index contributed by atoms with van der Waals surface area (Å²) in [5.41, 5.74) is 0.533. The number of pyridine rings is 1. The number of halogens is 3. The van der Waals surface area contributed by atoms with E-state index in [2.05, 4.69) is 25.4 Å². The highest BCUT2D eigenvalue weighted by Crippen LogP contribution is 2.38. The van der Waals surface area contributed by atoms with E-state index in [0.29, 0.717) is 67.4 Å². The standard InChI is InChI=1S/C38H38F3N7O6S2/c1-53-34-19-25(26-18-27(49)23-42-22-26)20-35(54-2)30(34)24-47-13-15-48(16-14-47)36-11-10-33(44-45-36)37(50)46-56(51,52)29-8-9-32(31(21-29)38(39,40)41)43-12-17-55-28-6-4-3-5-7-28/h3-11,18-23,43,49H,12-17,24H2,1-2H3,(H,46,50). The number of benzene rings is 3. The fourth-order valence-electron chi connectivity index (χ4n) is 6.05. The number of methoxy groups -OCH3 is 2. The average molecular weight is 810 g/mol. The van der Waals surface area contributed by atoms with Crippen LogP contribution in [0.4, 0.5) is 24.7 Å². The van der Waals surface area contributed by atoms with E-state index >= 15 is 0 Å². The van der Waals surface area contributed by atoms with Gasteiger partial charge in [-0.2, -0.15) is 13.2 Å². The molecule has 1 aliphatic rings. The lowest BCUT2D eigenvalue weighted by atomic mass is 10.0. The van der Waals surface area contributed by atoms with Gasteiger partial charge in [0.15, 0.2) is 11.5 Å². The van der Waals surface area contributed by atoms with E-state index in [0.717, 1.165) is 28.2 Å². The van der Waals surface area contributed by atoms with Crippen LogP contribution in [0, 0.1) is 0 Å². The summed E-state index contributed by atoms with van der Waals surface area (Å²) >= 11 is 1.46. The van der Waals surface area contributed by atoms with Crippen LogP contribution in [-0.2, 0) is 22.7 Å². The van der Waals surface area contributed by atoms with Crippen LogP contribution in [0.2, 0.25) is 0 Å². The van der Waals surface area contributed by atoms with Crippen LogP contribution in [0.25, 0.3) is 11.1 Å². The Morgan fingerprint density at radius 3 is 2.23 bits per heavy atom. The number of ether oxygens (including phenoxy) is 2. The number of alkyl halides is 3. The second-order valence-corrected chi connectivity index (χ2v) is 15.4. The molecule has 1 amide bonds. The predicted molar refractivity (Wildman–Crippen MR) is 206 cm³/mol. The van der Waals surface area contributed by atoms with Gasteiger partial charge in [0.05, 0.1) is 36.4 Å². The number of aromatic nitrogens is 3. The van der Waals surface area contributed by atoms with Gasteiger partial charge in [-0.15, -0.1) is 22.0 Å². The van der Waals surface area contributed by atoms with Crippen molar-refractivity contribution in [2.45, 2.75) is 22.5 Å². The summed E-state index contributed by atoms with van der Waals surface area (Å²) in [5.74, 6) is 1.06. The molecule has 0 radical (unpaired) electrons. The summed E-state index contributed by atoms with van der Waals surface area (Å²) in [5, 5.41) is 20.7. The van der Waals surface area contributed by atoms with Crippen LogP contribution in [0.15, 0.2) is 101 Å². The third kappa shape index (κ3) is 9.79. The van der Waals surface area contributed by atoms with Crippen molar-refractivity contribution in [2.24, 2.45) is 0 Å². The number of rotatable bonds is 14. The highest BCUT2D eigenvalue weighted by Gasteiger charge is 2.35. The van der Waals surface area contributed by atoms with Crippen LogP contribution in [0.3, 0.4) is 0 Å². The summed E-state index contributed by atoms with van der Waals surface area (Å²) in [7, 11) is -1.55. The third-order valence-electron chi connectivity index (χ3n) is 8.89. The van der Waals surface area contributed by atoms with Crippen LogP contribution in [-0.4, -0.2) is 92.2 Å². The van der Waals surface area contributed by atoms with Crippen molar-refractivity contribution in [1.82, 2.24) is 24.8 Å². The van der Waals surface area contributed by atoms with Crippen LogP contribution >= 0.6 is 11.8 Å². The Morgan fingerprint density at radius 1 is 0.893 bits per heavy atom. The summed E-state index contributed by atoms with van der Waals surface area (Å²) in [6, 6.07) is 20.1. The normalized spacial score (nSPS) is 13.6. The van der Waals surface area contributed by atoms with Crippen molar-refractivity contribution in [2.75, 3.05) is 62.9 Å². The fraction of sp³-hybridized carbons (Fsp3) is 0.263. The molecule has 3 heterocycles. The SMILES string of the molecule is COc1cc(-c2cncc(O)c2)cc(OC)c1CN1CCN(c2ccc(C(=O)NS(=O)(=O)c3ccc(NCCSc4ccccc4)c(C(F)(F)F)c3)nn2)CC1. The number of amides is 1. The molecule has 18 heteroatoms. The number of anilines is 2. The first-order valence-electron chi connectivity index (χ1n) is 17.2.